The average Bonchev–Trinajstić information content (AvgIpc) is 3.55. The minimum atomic E-state index is -0.888. The Kier molecular flexibility index (Phi) is 9.38. The Morgan fingerprint density at radius 1 is 0.886 bits per heavy atom. The first-order valence-electron chi connectivity index (χ1n) is 16.2. The Hall–Kier alpha value is -3.62. The molecule has 3 aromatic rings. The van der Waals surface area contributed by atoms with Gasteiger partial charge in [-0.1, -0.05) is 42.0 Å². The van der Waals surface area contributed by atoms with E-state index >= 15 is 0 Å². The van der Waals surface area contributed by atoms with Gasteiger partial charge in [0.15, 0.2) is 0 Å². The Balaban J connectivity index is 1.00. The van der Waals surface area contributed by atoms with E-state index in [4.69, 9.17) is 4.74 Å². The monoisotopic (exact) mass is 596 g/mol. The molecular weight excluding hydrogens is 552 g/mol. The number of benzene rings is 2. The quantitative estimate of drug-likeness (QED) is 0.334. The summed E-state index contributed by atoms with van der Waals surface area (Å²) in [6.45, 7) is 7.57. The first-order valence-corrected chi connectivity index (χ1v) is 16.2. The second-order valence-corrected chi connectivity index (χ2v) is 12.9. The summed E-state index contributed by atoms with van der Waals surface area (Å²) in [5.41, 5.74) is 6.42. The van der Waals surface area contributed by atoms with Gasteiger partial charge in [-0.3, -0.25) is 9.69 Å². The van der Waals surface area contributed by atoms with Gasteiger partial charge in [0.25, 0.3) is 5.91 Å². The number of carbonyl (C=O) groups is 2. The van der Waals surface area contributed by atoms with Crippen LogP contribution in [0.2, 0.25) is 0 Å². The van der Waals surface area contributed by atoms with Gasteiger partial charge in [0.1, 0.15) is 12.0 Å². The minimum Gasteiger partial charge on any atom is -0.478 e. The lowest BCUT2D eigenvalue weighted by Gasteiger charge is -2.37. The van der Waals surface area contributed by atoms with Crippen LogP contribution < -0.4 is 0 Å². The van der Waals surface area contributed by atoms with Crippen molar-refractivity contribution in [3.05, 3.63) is 94.1 Å². The van der Waals surface area contributed by atoms with Crippen LogP contribution in [-0.4, -0.2) is 75.1 Å². The minimum absolute atomic E-state index is 0.00997. The van der Waals surface area contributed by atoms with Crippen LogP contribution in [-0.2, 0) is 11.2 Å². The molecule has 0 bridgehead atoms. The van der Waals surface area contributed by atoms with Gasteiger partial charge in [-0.05, 0) is 101 Å². The topological polar surface area (TPSA) is 95.9 Å². The summed E-state index contributed by atoms with van der Waals surface area (Å²) in [5.74, 6) is -0.455. The fourth-order valence-corrected chi connectivity index (χ4v) is 7.26. The number of aromatic carboxylic acids is 1. The number of aryl methyl sites for hydroxylation is 2. The van der Waals surface area contributed by atoms with E-state index in [1.165, 1.54) is 16.7 Å². The molecule has 0 saturated carbocycles. The van der Waals surface area contributed by atoms with Gasteiger partial charge in [-0.25, -0.2) is 14.8 Å². The maximum absolute atomic E-state index is 13.6. The number of piperidine rings is 1. The lowest BCUT2D eigenvalue weighted by atomic mass is 9.95. The number of carbonyl (C=O) groups excluding carboxylic acids is 1. The van der Waals surface area contributed by atoms with Crippen molar-refractivity contribution in [3.63, 3.8) is 0 Å². The second-order valence-electron chi connectivity index (χ2n) is 12.9. The molecule has 232 valence electrons. The fourth-order valence-electron chi connectivity index (χ4n) is 7.26. The van der Waals surface area contributed by atoms with E-state index in [1.54, 1.807) is 18.5 Å². The number of amides is 1. The van der Waals surface area contributed by atoms with Crippen molar-refractivity contribution in [3.8, 4) is 0 Å². The average molecular weight is 597 g/mol. The standard InChI is InChI=1S/C36H44N4O4/c1-24-6-8-27(9-7-24)33-5-3-4-31(44-33)14-15-32-25(2)34(38-23-37-32)35(41)39-20-17-30(18-21-39)40-19-16-29(22-40)26-10-12-28(13-11-26)36(42)43/h6-13,23,29-31,33H,3-5,14-22H2,1-2H3,(H,42,43)/t29?,31-,33+/m1/s1. The smallest absolute Gasteiger partial charge is 0.335 e. The van der Waals surface area contributed by atoms with Crippen LogP contribution in [0.4, 0.5) is 0 Å². The SMILES string of the molecule is Cc1ccc([C@@H]2CCC[C@H](CCc3ncnc(C(=O)N4CCC(N5CCC(c6ccc(C(=O)O)cc6)C5)CC4)c3C)O2)cc1. The first kappa shape index (κ1) is 30.4. The number of hydrogen-bond acceptors (Lipinski definition) is 6. The third-order valence-electron chi connectivity index (χ3n) is 10.0. The predicted octanol–water partition coefficient (Wildman–Crippen LogP) is 6.13. The molecule has 8 nitrogen and oxygen atoms in total. The van der Waals surface area contributed by atoms with Gasteiger partial charge in [-0.15, -0.1) is 0 Å². The third kappa shape index (κ3) is 6.87. The molecule has 8 heteroatoms. The van der Waals surface area contributed by atoms with Crippen molar-refractivity contribution in [1.82, 2.24) is 19.8 Å². The Labute approximate surface area is 260 Å². The largest absolute Gasteiger partial charge is 0.478 e. The molecule has 44 heavy (non-hydrogen) atoms. The van der Waals surface area contributed by atoms with Gasteiger partial charge >= 0.3 is 5.97 Å². The number of carboxylic acids is 1. The maximum Gasteiger partial charge on any atom is 0.335 e. The van der Waals surface area contributed by atoms with Crippen molar-refractivity contribution in [2.45, 2.75) is 89.4 Å². The maximum atomic E-state index is 13.6. The summed E-state index contributed by atoms with van der Waals surface area (Å²) in [5, 5.41) is 9.19. The van der Waals surface area contributed by atoms with Gasteiger partial charge in [-0.2, -0.15) is 0 Å². The number of carboxylic acid groups (broad SMARTS) is 1. The normalized spacial score (nSPS) is 23.1. The van der Waals surface area contributed by atoms with Crippen LogP contribution in [0.1, 0.15) is 106 Å². The van der Waals surface area contributed by atoms with Crippen molar-refractivity contribution < 1.29 is 19.4 Å². The third-order valence-corrected chi connectivity index (χ3v) is 10.0. The highest BCUT2D eigenvalue weighted by Crippen LogP contribution is 2.34. The molecule has 3 aliphatic heterocycles. The highest BCUT2D eigenvalue weighted by molar-refractivity contribution is 5.93. The zero-order valence-electron chi connectivity index (χ0n) is 26.0. The molecule has 3 saturated heterocycles. The molecule has 2 aromatic carbocycles. The van der Waals surface area contributed by atoms with Crippen LogP contribution in [0.15, 0.2) is 54.9 Å². The molecular formula is C36H44N4O4. The molecule has 0 spiro atoms. The number of aromatic nitrogens is 2. The number of nitrogens with zero attached hydrogens (tertiary/aromatic N) is 4. The van der Waals surface area contributed by atoms with E-state index in [0.29, 0.717) is 23.2 Å². The van der Waals surface area contributed by atoms with Gasteiger partial charge in [0, 0.05) is 36.9 Å². The molecule has 1 unspecified atom stereocenters. The van der Waals surface area contributed by atoms with Gasteiger partial charge in [0.2, 0.25) is 0 Å². The number of ether oxygens (including phenoxy) is 1. The van der Waals surface area contributed by atoms with Crippen molar-refractivity contribution >= 4 is 11.9 Å². The Morgan fingerprint density at radius 3 is 2.34 bits per heavy atom. The molecule has 4 heterocycles. The number of likely N-dealkylation sites (tertiary alicyclic amines) is 2. The summed E-state index contributed by atoms with van der Waals surface area (Å²) in [6, 6.07) is 16.5. The van der Waals surface area contributed by atoms with Crippen LogP contribution in [0.25, 0.3) is 0 Å². The summed E-state index contributed by atoms with van der Waals surface area (Å²) < 4.78 is 6.50. The van der Waals surface area contributed by atoms with Gasteiger partial charge < -0.3 is 14.7 Å². The molecule has 3 aliphatic rings. The molecule has 1 amide bonds. The molecule has 3 fully saturated rings. The molecule has 3 atom stereocenters. The number of hydrogen-bond donors (Lipinski definition) is 1. The molecule has 1 N–H and O–H groups in total. The van der Waals surface area contributed by atoms with Crippen molar-refractivity contribution in [2.75, 3.05) is 26.2 Å². The fraction of sp³-hybridized carbons (Fsp3) is 0.500. The second kappa shape index (κ2) is 13.6. The Morgan fingerprint density at radius 2 is 1.61 bits per heavy atom. The van der Waals surface area contributed by atoms with E-state index < -0.39 is 5.97 Å². The molecule has 6 rings (SSSR count). The van der Waals surface area contributed by atoms with E-state index in [1.807, 2.05) is 24.0 Å². The zero-order valence-corrected chi connectivity index (χ0v) is 26.0. The van der Waals surface area contributed by atoms with Crippen LogP contribution in [0.3, 0.4) is 0 Å². The van der Waals surface area contributed by atoms with Crippen LogP contribution in [0.5, 0.6) is 0 Å². The highest BCUT2D eigenvalue weighted by atomic mass is 16.5. The summed E-state index contributed by atoms with van der Waals surface area (Å²) in [6.07, 6.45) is 9.81. The Bertz CT molecular complexity index is 1450. The van der Waals surface area contributed by atoms with Crippen LogP contribution in [0, 0.1) is 13.8 Å². The van der Waals surface area contributed by atoms with E-state index in [0.717, 1.165) is 88.8 Å². The first-order chi connectivity index (χ1) is 21.4. The predicted molar refractivity (Wildman–Crippen MR) is 169 cm³/mol. The lowest BCUT2D eigenvalue weighted by Crippen LogP contribution is -2.46. The van der Waals surface area contributed by atoms with Crippen LogP contribution >= 0.6 is 0 Å². The molecule has 1 aromatic heterocycles. The van der Waals surface area contributed by atoms with Crippen molar-refractivity contribution in [2.24, 2.45) is 0 Å². The highest BCUT2D eigenvalue weighted by Gasteiger charge is 2.33. The number of rotatable bonds is 8. The van der Waals surface area contributed by atoms with E-state index in [9.17, 15) is 14.7 Å². The lowest BCUT2D eigenvalue weighted by molar-refractivity contribution is -0.0547. The van der Waals surface area contributed by atoms with Crippen molar-refractivity contribution in [1.29, 1.82) is 0 Å². The van der Waals surface area contributed by atoms with E-state index in [2.05, 4.69) is 46.1 Å². The summed E-state index contributed by atoms with van der Waals surface area (Å²) in [4.78, 5) is 38.3. The van der Waals surface area contributed by atoms with Gasteiger partial charge in [0.05, 0.1) is 17.8 Å². The zero-order chi connectivity index (χ0) is 30.6. The van der Waals surface area contributed by atoms with E-state index in [-0.39, 0.29) is 18.1 Å². The summed E-state index contributed by atoms with van der Waals surface area (Å²) in [7, 11) is 0. The molecule has 0 radical (unpaired) electrons. The summed E-state index contributed by atoms with van der Waals surface area (Å²) >= 11 is 0. The molecule has 0 aliphatic carbocycles.